The summed E-state index contributed by atoms with van der Waals surface area (Å²) >= 11 is 8.25. The van der Waals surface area contributed by atoms with Crippen LogP contribution in [-0.2, 0) is 5.75 Å². The number of halogens is 1. The summed E-state index contributed by atoms with van der Waals surface area (Å²) < 4.78 is 2.08. The maximum atomic E-state index is 5.48. The molecule has 0 radical (unpaired) electrons. The molecule has 0 atom stereocenters. The summed E-state index contributed by atoms with van der Waals surface area (Å²) in [5, 5.41) is 8.22. The molecule has 0 saturated heterocycles. The number of thioether (sulfide) groups is 1. The SMILES string of the molecule is Nc1nnc(SCc2ccc(Br)s2)s1. The molecule has 0 fully saturated rings. The number of nitrogens with zero attached hydrogens (tertiary/aromatic N) is 2. The normalized spacial score (nSPS) is 10.6. The molecule has 14 heavy (non-hydrogen) atoms. The standard InChI is InChI=1S/C7H6BrN3S3/c8-5-2-1-4(13-5)3-12-7-11-10-6(9)14-7/h1-2H,3H2,(H2,9,10). The van der Waals surface area contributed by atoms with E-state index in [-0.39, 0.29) is 0 Å². The summed E-state index contributed by atoms with van der Waals surface area (Å²) in [6, 6.07) is 4.15. The van der Waals surface area contributed by atoms with Gasteiger partial charge < -0.3 is 5.73 Å². The second-order valence-electron chi connectivity index (χ2n) is 2.40. The van der Waals surface area contributed by atoms with Gasteiger partial charge in [0.05, 0.1) is 3.79 Å². The van der Waals surface area contributed by atoms with E-state index in [9.17, 15) is 0 Å². The van der Waals surface area contributed by atoms with Crippen LogP contribution in [0.15, 0.2) is 20.3 Å². The van der Waals surface area contributed by atoms with Gasteiger partial charge in [-0.05, 0) is 28.1 Å². The molecular weight excluding hydrogens is 302 g/mol. The monoisotopic (exact) mass is 307 g/mol. The molecule has 0 bridgehead atoms. The van der Waals surface area contributed by atoms with Crippen LogP contribution in [0.1, 0.15) is 4.88 Å². The molecule has 0 amide bonds. The maximum absolute atomic E-state index is 5.48. The van der Waals surface area contributed by atoms with Crippen LogP contribution >= 0.6 is 50.4 Å². The molecule has 0 aliphatic heterocycles. The van der Waals surface area contributed by atoms with Crippen molar-refractivity contribution in [3.05, 3.63) is 20.8 Å². The number of hydrogen-bond donors (Lipinski definition) is 1. The van der Waals surface area contributed by atoms with Crippen molar-refractivity contribution in [2.45, 2.75) is 10.1 Å². The average molecular weight is 308 g/mol. The van der Waals surface area contributed by atoms with E-state index >= 15 is 0 Å². The molecule has 2 aromatic heterocycles. The minimum absolute atomic E-state index is 0.528. The van der Waals surface area contributed by atoms with Crippen molar-refractivity contribution in [1.29, 1.82) is 0 Å². The van der Waals surface area contributed by atoms with Crippen LogP contribution in [-0.4, -0.2) is 10.2 Å². The van der Waals surface area contributed by atoms with Gasteiger partial charge in [0.25, 0.3) is 0 Å². The number of thiophene rings is 1. The van der Waals surface area contributed by atoms with Crippen LogP contribution in [0, 0.1) is 0 Å². The van der Waals surface area contributed by atoms with Crippen molar-refractivity contribution in [3.8, 4) is 0 Å². The first kappa shape index (κ1) is 10.4. The Morgan fingerprint density at radius 1 is 1.36 bits per heavy atom. The molecule has 2 heterocycles. The molecular formula is C7H6BrN3S3. The average Bonchev–Trinajstić information content (AvgIpc) is 2.72. The molecule has 0 aromatic carbocycles. The molecule has 7 heteroatoms. The quantitative estimate of drug-likeness (QED) is 0.885. The molecule has 2 rings (SSSR count). The van der Waals surface area contributed by atoms with Gasteiger partial charge in [-0.15, -0.1) is 21.5 Å². The van der Waals surface area contributed by atoms with E-state index in [0.29, 0.717) is 5.13 Å². The van der Waals surface area contributed by atoms with Gasteiger partial charge in [-0.3, -0.25) is 0 Å². The van der Waals surface area contributed by atoms with Gasteiger partial charge in [0.2, 0.25) is 5.13 Å². The van der Waals surface area contributed by atoms with Gasteiger partial charge >= 0.3 is 0 Å². The summed E-state index contributed by atoms with van der Waals surface area (Å²) in [5.74, 6) is 0.922. The molecule has 0 spiro atoms. The van der Waals surface area contributed by atoms with Crippen LogP contribution < -0.4 is 5.73 Å². The Hall–Kier alpha value is -0.110. The first-order valence-electron chi connectivity index (χ1n) is 3.70. The van der Waals surface area contributed by atoms with E-state index in [2.05, 4.69) is 38.3 Å². The summed E-state index contributed by atoms with van der Waals surface area (Å²) in [6.45, 7) is 0. The van der Waals surface area contributed by atoms with Crippen molar-refractivity contribution < 1.29 is 0 Å². The minimum atomic E-state index is 0.528. The number of nitrogens with two attached hydrogens (primary N) is 1. The highest BCUT2D eigenvalue weighted by Crippen LogP contribution is 2.30. The number of hydrogen-bond acceptors (Lipinski definition) is 6. The lowest BCUT2D eigenvalue weighted by Crippen LogP contribution is -1.79. The maximum Gasteiger partial charge on any atom is 0.203 e. The third kappa shape index (κ3) is 2.69. The Bertz CT molecular complexity index is 385. The Labute approximate surface area is 102 Å². The van der Waals surface area contributed by atoms with E-state index in [0.717, 1.165) is 13.9 Å². The van der Waals surface area contributed by atoms with Crippen LogP contribution in [0.5, 0.6) is 0 Å². The fourth-order valence-corrected chi connectivity index (χ4v) is 4.00. The predicted octanol–water partition coefficient (Wildman–Crippen LogP) is 3.24. The Balaban J connectivity index is 1.94. The van der Waals surface area contributed by atoms with Gasteiger partial charge in [-0.1, -0.05) is 23.1 Å². The van der Waals surface area contributed by atoms with Crippen LogP contribution in [0.4, 0.5) is 5.13 Å². The van der Waals surface area contributed by atoms with Crippen molar-refractivity contribution in [3.63, 3.8) is 0 Å². The lowest BCUT2D eigenvalue weighted by Gasteiger charge is -1.91. The first-order valence-corrected chi connectivity index (χ1v) is 7.11. The van der Waals surface area contributed by atoms with E-state index in [1.54, 1.807) is 23.1 Å². The van der Waals surface area contributed by atoms with Crippen LogP contribution in [0.25, 0.3) is 0 Å². The second kappa shape index (κ2) is 4.61. The van der Waals surface area contributed by atoms with E-state index < -0.39 is 0 Å². The van der Waals surface area contributed by atoms with Gasteiger partial charge in [0.1, 0.15) is 0 Å². The fourth-order valence-electron chi connectivity index (χ4n) is 0.841. The summed E-state index contributed by atoms with van der Waals surface area (Å²) in [7, 11) is 0. The molecule has 0 unspecified atom stereocenters. The number of aromatic nitrogens is 2. The summed E-state index contributed by atoms with van der Waals surface area (Å²) in [4.78, 5) is 1.32. The number of rotatable bonds is 3. The van der Waals surface area contributed by atoms with Crippen molar-refractivity contribution in [1.82, 2.24) is 10.2 Å². The molecule has 2 aromatic rings. The largest absolute Gasteiger partial charge is 0.374 e. The highest BCUT2D eigenvalue weighted by atomic mass is 79.9. The minimum Gasteiger partial charge on any atom is -0.374 e. The highest BCUT2D eigenvalue weighted by molar-refractivity contribution is 9.11. The molecule has 0 aliphatic carbocycles. The highest BCUT2D eigenvalue weighted by Gasteiger charge is 2.03. The molecule has 2 N–H and O–H groups in total. The van der Waals surface area contributed by atoms with E-state index in [1.807, 2.05) is 0 Å². The smallest absolute Gasteiger partial charge is 0.203 e. The lowest BCUT2D eigenvalue weighted by molar-refractivity contribution is 1.02. The molecule has 0 aliphatic rings. The summed E-state index contributed by atoms with van der Waals surface area (Å²) in [5.41, 5.74) is 5.48. The van der Waals surface area contributed by atoms with Gasteiger partial charge in [-0.2, -0.15) is 0 Å². The van der Waals surface area contributed by atoms with E-state index in [4.69, 9.17) is 5.73 Å². The molecule has 74 valence electrons. The third-order valence-corrected chi connectivity index (χ3v) is 5.13. The zero-order chi connectivity index (χ0) is 9.97. The zero-order valence-electron chi connectivity index (χ0n) is 6.94. The van der Waals surface area contributed by atoms with Crippen LogP contribution in [0.3, 0.4) is 0 Å². The first-order chi connectivity index (χ1) is 6.74. The van der Waals surface area contributed by atoms with Gasteiger partial charge in [-0.25, -0.2) is 0 Å². The summed E-state index contributed by atoms with van der Waals surface area (Å²) in [6.07, 6.45) is 0. The number of nitrogen functional groups attached to an aromatic ring is 1. The van der Waals surface area contributed by atoms with Gasteiger partial charge in [0, 0.05) is 10.6 Å². The molecule has 0 saturated carbocycles. The van der Waals surface area contributed by atoms with Crippen molar-refractivity contribution >= 4 is 55.5 Å². The topological polar surface area (TPSA) is 51.8 Å². The second-order valence-corrected chi connectivity index (χ2v) is 7.18. The molecule has 3 nitrogen and oxygen atoms in total. The Morgan fingerprint density at radius 3 is 2.79 bits per heavy atom. The van der Waals surface area contributed by atoms with Crippen molar-refractivity contribution in [2.24, 2.45) is 0 Å². The fraction of sp³-hybridized carbons (Fsp3) is 0.143. The lowest BCUT2D eigenvalue weighted by atomic mass is 10.5. The number of anilines is 1. The zero-order valence-corrected chi connectivity index (χ0v) is 11.0. The third-order valence-electron chi connectivity index (χ3n) is 1.39. The van der Waals surface area contributed by atoms with Crippen LogP contribution in [0.2, 0.25) is 0 Å². The van der Waals surface area contributed by atoms with E-state index in [1.165, 1.54) is 16.2 Å². The van der Waals surface area contributed by atoms with Crippen molar-refractivity contribution in [2.75, 3.05) is 5.73 Å². The predicted molar refractivity (Wildman–Crippen MR) is 65.9 cm³/mol. The van der Waals surface area contributed by atoms with Gasteiger partial charge in [0.15, 0.2) is 4.34 Å². The Morgan fingerprint density at radius 2 is 2.21 bits per heavy atom. The Kier molecular flexibility index (Phi) is 3.42.